The third kappa shape index (κ3) is 1.48. The Morgan fingerprint density at radius 1 is 1.36 bits per heavy atom. The predicted octanol–water partition coefficient (Wildman–Crippen LogP) is 1.01. The molecule has 0 saturated heterocycles. The van der Waals surface area contributed by atoms with E-state index in [1.165, 1.54) is 0 Å². The fraction of sp³-hybridized carbons (Fsp3) is 0.200. The molecule has 72 valence electrons. The Morgan fingerprint density at radius 2 is 2.14 bits per heavy atom. The number of allylic oxidation sites excluding steroid dienone is 1. The Labute approximate surface area is 83.6 Å². The van der Waals surface area contributed by atoms with Gasteiger partial charge >= 0.3 is 0 Å². The molecule has 0 aromatic carbocycles. The highest BCUT2D eigenvalue weighted by Crippen LogP contribution is 2.18. The topological polar surface area (TPSA) is 47.0 Å². The summed E-state index contributed by atoms with van der Waals surface area (Å²) in [5, 5.41) is 0. The summed E-state index contributed by atoms with van der Waals surface area (Å²) in [4.78, 5) is 4.60. The van der Waals surface area contributed by atoms with Crippen LogP contribution in [0.5, 0.6) is 0 Å². The fourth-order valence-corrected chi connectivity index (χ4v) is 1.94. The maximum atomic E-state index is 10.8. The van der Waals surface area contributed by atoms with Crippen molar-refractivity contribution in [1.82, 2.24) is 4.98 Å². The summed E-state index contributed by atoms with van der Waals surface area (Å²) in [6.45, 7) is 1.96. The van der Waals surface area contributed by atoms with Gasteiger partial charge in [0.1, 0.15) is 0 Å². The van der Waals surface area contributed by atoms with Crippen molar-refractivity contribution in [3.8, 4) is 0 Å². The molecule has 1 aliphatic carbocycles. The van der Waals surface area contributed by atoms with Crippen molar-refractivity contribution in [2.75, 3.05) is 0 Å². The minimum Gasteiger partial charge on any atom is -0.257 e. The van der Waals surface area contributed by atoms with Crippen molar-refractivity contribution < 1.29 is 8.42 Å². The zero-order valence-corrected chi connectivity index (χ0v) is 8.50. The number of aromatic nitrogens is 1. The molecular weight excluding hydrogens is 198 g/mol. The van der Waals surface area contributed by atoms with Gasteiger partial charge in [-0.1, -0.05) is 0 Å². The van der Waals surface area contributed by atoms with E-state index in [9.17, 15) is 8.42 Å². The Balaban J connectivity index is 2.64. The molecular formula is C10H9NO2S. The largest absolute Gasteiger partial charge is 0.257 e. The predicted molar refractivity (Wildman–Crippen MR) is 55.6 cm³/mol. The first-order valence-corrected chi connectivity index (χ1v) is 5.33. The van der Waals surface area contributed by atoms with Crippen molar-refractivity contribution >= 4 is 21.2 Å². The van der Waals surface area contributed by atoms with Gasteiger partial charge in [0.25, 0.3) is 0 Å². The van der Waals surface area contributed by atoms with Gasteiger partial charge in [-0.15, -0.1) is 0 Å². The molecule has 3 nitrogen and oxygen atoms in total. The second-order valence-electron chi connectivity index (χ2n) is 3.20. The molecule has 14 heavy (non-hydrogen) atoms. The van der Waals surface area contributed by atoms with Crippen LogP contribution < -0.4 is 0 Å². The molecule has 1 aromatic rings. The van der Waals surface area contributed by atoms with Gasteiger partial charge in [0.2, 0.25) is 10.3 Å². The molecule has 0 bridgehead atoms. The van der Waals surface area contributed by atoms with E-state index in [-0.39, 0.29) is 0 Å². The summed E-state index contributed by atoms with van der Waals surface area (Å²) in [7, 11) is -2.12. The fourth-order valence-electron chi connectivity index (χ4n) is 1.50. The molecule has 1 aliphatic rings. The number of nitrogens with zero attached hydrogens (tertiary/aromatic N) is 1. The molecule has 1 aromatic heterocycles. The van der Waals surface area contributed by atoms with E-state index in [2.05, 4.69) is 4.98 Å². The Kier molecular flexibility index (Phi) is 2.21. The lowest BCUT2D eigenvalue weighted by molar-refractivity contribution is 0.627. The standard InChI is InChI=1S/C10H9NO2S/c1-7-4-5-11-10-3-2-8(14(12)13)6-9(7)10/h2-5H,6H2,1H3. The van der Waals surface area contributed by atoms with Crippen LogP contribution in [-0.2, 0) is 16.7 Å². The van der Waals surface area contributed by atoms with Gasteiger partial charge in [-0.25, -0.2) is 0 Å². The number of hydrogen-bond donors (Lipinski definition) is 0. The van der Waals surface area contributed by atoms with Gasteiger partial charge in [-0.2, -0.15) is 8.42 Å². The monoisotopic (exact) mass is 207 g/mol. The van der Waals surface area contributed by atoms with Gasteiger partial charge in [-0.05, 0) is 36.3 Å². The molecule has 0 spiro atoms. The summed E-state index contributed by atoms with van der Waals surface area (Å²) in [6.07, 6.45) is 5.55. The minimum atomic E-state index is -2.12. The highest BCUT2D eigenvalue weighted by atomic mass is 32.2. The highest BCUT2D eigenvalue weighted by molar-refractivity contribution is 7.73. The number of hydrogen-bond acceptors (Lipinski definition) is 3. The van der Waals surface area contributed by atoms with E-state index in [4.69, 9.17) is 0 Å². The Hall–Kier alpha value is -1.42. The summed E-state index contributed by atoms with van der Waals surface area (Å²) in [6, 6.07) is 1.89. The molecule has 0 saturated carbocycles. The van der Waals surface area contributed by atoms with Crippen LogP contribution in [0.4, 0.5) is 0 Å². The van der Waals surface area contributed by atoms with Crippen molar-refractivity contribution in [2.24, 2.45) is 0 Å². The summed E-state index contributed by atoms with van der Waals surface area (Å²) in [5.41, 5.74) is 2.97. The first-order chi connectivity index (χ1) is 6.68. The van der Waals surface area contributed by atoms with E-state index in [0.29, 0.717) is 11.3 Å². The van der Waals surface area contributed by atoms with E-state index >= 15 is 0 Å². The normalized spacial score (nSPS) is 13.9. The molecule has 0 amide bonds. The minimum absolute atomic E-state index is 0.425. The van der Waals surface area contributed by atoms with Crippen LogP contribution >= 0.6 is 0 Å². The lowest BCUT2D eigenvalue weighted by atomic mass is 9.98. The van der Waals surface area contributed by atoms with E-state index in [0.717, 1.165) is 16.8 Å². The summed E-state index contributed by atoms with van der Waals surface area (Å²) < 4.78 is 21.5. The van der Waals surface area contributed by atoms with Gasteiger partial charge in [-0.3, -0.25) is 4.98 Å². The van der Waals surface area contributed by atoms with Crippen LogP contribution in [0.2, 0.25) is 0 Å². The van der Waals surface area contributed by atoms with E-state index in [1.54, 1.807) is 18.3 Å². The van der Waals surface area contributed by atoms with Gasteiger partial charge in [0, 0.05) is 12.6 Å². The molecule has 0 aliphatic heterocycles. The molecule has 0 radical (unpaired) electrons. The lowest BCUT2D eigenvalue weighted by Gasteiger charge is -2.11. The maximum Gasteiger partial charge on any atom is 0.217 e. The summed E-state index contributed by atoms with van der Waals surface area (Å²) >= 11 is 0. The van der Waals surface area contributed by atoms with Gasteiger partial charge in [0.15, 0.2) is 0 Å². The maximum absolute atomic E-state index is 10.8. The third-order valence-corrected chi connectivity index (χ3v) is 3.02. The number of aryl methyl sites for hydroxylation is 1. The Morgan fingerprint density at radius 3 is 2.86 bits per heavy atom. The Bertz CT molecular complexity index is 533. The van der Waals surface area contributed by atoms with Crippen molar-refractivity contribution in [3.63, 3.8) is 0 Å². The van der Waals surface area contributed by atoms with E-state index < -0.39 is 10.3 Å². The zero-order chi connectivity index (χ0) is 10.1. The van der Waals surface area contributed by atoms with Crippen LogP contribution in [-0.4, -0.2) is 18.3 Å². The quantitative estimate of drug-likeness (QED) is 0.596. The van der Waals surface area contributed by atoms with Gasteiger partial charge in [0.05, 0.1) is 10.6 Å². The smallest absolute Gasteiger partial charge is 0.217 e. The molecule has 0 N–H and O–H groups in total. The molecule has 0 atom stereocenters. The molecule has 2 rings (SSSR count). The van der Waals surface area contributed by atoms with Crippen LogP contribution in [0, 0.1) is 6.92 Å². The molecule has 4 heteroatoms. The second-order valence-corrected chi connectivity index (χ2v) is 4.20. The summed E-state index contributed by atoms with van der Waals surface area (Å²) in [5.74, 6) is 0. The van der Waals surface area contributed by atoms with Crippen LogP contribution in [0.15, 0.2) is 18.3 Å². The number of pyridine rings is 1. The van der Waals surface area contributed by atoms with E-state index in [1.807, 2.05) is 13.0 Å². The van der Waals surface area contributed by atoms with Crippen molar-refractivity contribution in [1.29, 1.82) is 0 Å². The first-order valence-electron chi connectivity index (χ1n) is 4.26. The van der Waals surface area contributed by atoms with Crippen LogP contribution in [0.3, 0.4) is 0 Å². The van der Waals surface area contributed by atoms with Gasteiger partial charge < -0.3 is 0 Å². The lowest BCUT2D eigenvalue weighted by Crippen LogP contribution is -2.09. The number of fused-ring (bicyclic) bond motifs is 1. The molecule has 0 fully saturated rings. The van der Waals surface area contributed by atoms with Crippen molar-refractivity contribution in [3.05, 3.63) is 35.2 Å². The highest BCUT2D eigenvalue weighted by Gasteiger charge is 2.12. The number of rotatable bonds is 0. The SMILES string of the molecule is Cc1ccnc2c1CC(=S(=O)=O)C=C2. The zero-order valence-electron chi connectivity index (χ0n) is 7.69. The molecule has 1 heterocycles. The van der Waals surface area contributed by atoms with Crippen LogP contribution in [0.1, 0.15) is 16.8 Å². The van der Waals surface area contributed by atoms with Crippen molar-refractivity contribution in [2.45, 2.75) is 13.3 Å². The first kappa shape index (κ1) is 9.15. The average Bonchev–Trinajstić information content (AvgIpc) is 2.18. The second kappa shape index (κ2) is 3.38. The average molecular weight is 207 g/mol. The van der Waals surface area contributed by atoms with Crippen LogP contribution in [0.25, 0.3) is 6.08 Å². The molecule has 0 unspecified atom stereocenters. The third-order valence-electron chi connectivity index (χ3n) is 2.32.